The molecule has 30 heavy (non-hydrogen) atoms. The van der Waals surface area contributed by atoms with E-state index in [1.165, 1.54) is 16.4 Å². The molecule has 1 aliphatic rings. The number of hydrogen-bond acceptors (Lipinski definition) is 5. The Labute approximate surface area is 174 Å². The molecule has 0 radical (unpaired) electrons. The van der Waals surface area contributed by atoms with Crippen LogP contribution >= 0.6 is 0 Å². The number of nitrogens with zero attached hydrogens (tertiary/aromatic N) is 4. The van der Waals surface area contributed by atoms with Gasteiger partial charge in [0.1, 0.15) is 23.1 Å². The van der Waals surface area contributed by atoms with Crippen LogP contribution in [0.3, 0.4) is 0 Å². The molecule has 1 unspecified atom stereocenters. The van der Waals surface area contributed by atoms with Gasteiger partial charge in [-0.3, -0.25) is 9.78 Å². The fraction of sp³-hybridized carbons (Fsp3) is 0.400. The summed E-state index contributed by atoms with van der Waals surface area (Å²) in [6.07, 6.45) is 2.29. The maximum absolute atomic E-state index is 13.0. The topological polar surface area (TPSA) is 93.1 Å². The molecule has 160 valence electrons. The molecule has 0 spiro atoms. The molecule has 1 N–H and O–H groups in total. The first-order valence-electron chi connectivity index (χ1n) is 9.83. The summed E-state index contributed by atoms with van der Waals surface area (Å²) < 4.78 is 47.8. The highest BCUT2D eigenvalue weighted by molar-refractivity contribution is 7.89. The maximum Gasteiger partial charge on any atom is 0.246 e. The quantitative estimate of drug-likeness (QED) is 0.619. The van der Waals surface area contributed by atoms with Crippen molar-refractivity contribution in [3.63, 3.8) is 0 Å². The van der Waals surface area contributed by atoms with Gasteiger partial charge < -0.3 is 4.74 Å². The molecule has 10 heteroatoms. The van der Waals surface area contributed by atoms with E-state index in [0.29, 0.717) is 37.5 Å². The zero-order chi connectivity index (χ0) is 21.3. The van der Waals surface area contributed by atoms with Gasteiger partial charge >= 0.3 is 0 Å². The van der Waals surface area contributed by atoms with Crippen molar-refractivity contribution in [2.24, 2.45) is 0 Å². The molecule has 4 rings (SSSR count). The smallest absolute Gasteiger partial charge is 0.246 e. The minimum atomic E-state index is -3.59. The van der Waals surface area contributed by atoms with Crippen LogP contribution < -0.4 is 4.74 Å². The van der Waals surface area contributed by atoms with Crippen molar-refractivity contribution in [3.8, 4) is 5.75 Å². The van der Waals surface area contributed by atoms with Crippen molar-refractivity contribution >= 4 is 10.0 Å². The number of nitrogens with one attached hydrogen (secondary N) is 1. The number of ether oxygens (including phenoxy) is 1. The number of halogens is 1. The molecule has 1 atom stereocenters. The highest BCUT2D eigenvalue weighted by Crippen LogP contribution is 2.31. The van der Waals surface area contributed by atoms with E-state index in [2.05, 4.69) is 15.3 Å². The Balaban J connectivity index is 1.41. The molecule has 0 bridgehead atoms. The SMILES string of the molecule is CCn1cc(S(=O)(=O)N2CCC(c3cc(COc4ccc(F)cc4)[nH]n3)C2)c(C)n1. The lowest BCUT2D eigenvalue weighted by Gasteiger charge is -2.15. The summed E-state index contributed by atoms with van der Waals surface area (Å²) in [5.74, 6) is 0.259. The minimum absolute atomic E-state index is 0.0112. The monoisotopic (exact) mass is 433 g/mol. The Morgan fingerprint density at radius 1 is 1.30 bits per heavy atom. The van der Waals surface area contributed by atoms with Gasteiger partial charge in [0, 0.05) is 31.7 Å². The van der Waals surface area contributed by atoms with Gasteiger partial charge in [0.25, 0.3) is 0 Å². The summed E-state index contributed by atoms with van der Waals surface area (Å²) in [4.78, 5) is 0.264. The average Bonchev–Trinajstić information content (AvgIpc) is 3.46. The van der Waals surface area contributed by atoms with E-state index >= 15 is 0 Å². The number of aromatic nitrogens is 4. The van der Waals surface area contributed by atoms with E-state index in [1.807, 2.05) is 13.0 Å². The lowest BCUT2D eigenvalue weighted by Crippen LogP contribution is -2.29. The predicted octanol–water partition coefficient (Wildman–Crippen LogP) is 2.83. The second kappa shape index (κ2) is 8.19. The third-order valence-electron chi connectivity index (χ3n) is 5.27. The van der Waals surface area contributed by atoms with Crippen molar-refractivity contribution in [2.75, 3.05) is 13.1 Å². The van der Waals surface area contributed by atoms with Crippen molar-refractivity contribution in [3.05, 3.63) is 59.4 Å². The largest absolute Gasteiger partial charge is 0.487 e. The van der Waals surface area contributed by atoms with Crippen LogP contribution in [0.5, 0.6) is 5.75 Å². The van der Waals surface area contributed by atoms with Crippen molar-refractivity contribution in [2.45, 2.75) is 44.2 Å². The van der Waals surface area contributed by atoms with Crippen LogP contribution in [0.4, 0.5) is 4.39 Å². The van der Waals surface area contributed by atoms with Crippen molar-refractivity contribution in [1.82, 2.24) is 24.3 Å². The summed E-state index contributed by atoms with van der Waals surface area (Å²) in [6.45, 7) is 5.34. The van der Waals surface area contributed by atoms with Crippen LogP contribution in [-0.2, 0) is 23.2 Å². The average molecular weight is 434 g/mol. The maximum atomic E-state index is 13.0. The zero-order valence-electron chi connectivity index (χ0n) is 16.9. The summed E-state index contributed by atoms with van der Waals surface area (Å²) in [6, 6.07) is 7.70. The molecule has 0 aliphatic carbocycles. The number of rotatable bonds is 7. The van der Waals surface area contributed by atoms with Crippen LogP contribution in [0.2, 0.25) is 0 Å². The van der Waals surface area contributed by atoms with Gasteiger partial charge in [-0.2, -0.15) is 14.5 Å². The number of benzene rings is 1. The molecule has 1 saturated heterocycles. The number of H-pyrrole nitrogens is 1. The number of aryl methyl sites for hydroxylation is 2. The third-order valence-corrected chi connectivity index (χ3v) is 7.24. The molecule has 3 heterocycles. The Hall–Kier alpha value is -2.72. The number of aromatic amines is 1. The van der Waals surface area contributed by atoms with Crippen LogP contribution in [-0.4, -0.2) is 45.8 Å². The predicted molar refractivity (Wildman–Crippen MR) is 108 cm³/mol. The van der Waals surface area contributed by atoms with E-state index in [-0.39, 0.29) is 23.2 Å². The van der Waals surface area contributed by atoms with Crippen molar-refractivity contribution in [1.29, 1.82) is 0 Å². The van der Waals surface area contributed by atoms with Crippen molar-refractivity contribution < 1.29 is 17.5 Å². The number of sulfonamides is 1. The van der Waals surface area contributed by atoms with Crippen LogP contribution in [0.1, 0.15) is 36.3 Å². The highest BCUT2D eigenvalue weighted by atomic mass is 32.2. The third kappa shape index (κ3) is 4.10. The zero-order valence-corrected chi connectivity index (χ0v) is 17.7. The molecule has 1 aliphatic heterocycles. The van der Waals surface area contributed by atoms with E-state index in [0.717, 1.165) is 11.4 Å². The first-order chi connectivity index (χ1) is 14.4. The molecular weight excluding hydrogens is 409 g/mol. The van der Waals surface area contributed by atoms with E-state index in [9.17, 15) is 12.8 Å². The molecule has 8 nitrogen and oxygen atoms in total. The fourth-order valence-electron chi connectivity index (χ4n) is 3.60. The van der Waals surface area contributed by atoms with E-state index in [4.69, 9.17) is 4.74 Å². The molecule has 0 saturated carbocycles. The molecule has 3 aromatic rings. The van der Waals surface area contributed by atoms with Gasteiger partial charge in [-0.05, 0) is 50.6 Å². The van der Waals surface area contributed by atoms with E-state index < -0.39 is 10.0 Å². The first-order valence-corrected chi connectivity index (χ1v) is 11.3. The normalized spacial score (nSPS) is 17.5. The molecule has 2 aromatic heterocycles. The van der Waals surface area contributed by atoms with Crippen LogP contribution in [0.15, 0.2) is 41.4 Å². The Kier molecular flexibility index (Phi) is 5.61. The summed E-state index contributed by atoms with van der Waals surface area (Å²) in [5.41, 5.74) is 2.10. The van der Waals surface area contributed by atoms with Crippen LogP contribution in [0.25, 0.3) is 0 Å². The molecule has 1 fully saturated rings. The van der Waals surface area contributed by atoms with Gasteiger partial charge in [-0.1, -0.05) is 0 Å². The van der Waals surface area contributed by atoms with Gasteiger partial charge in [-0.25, -0.2) is 12.8 Å². The van der Waals surface area contributed by atoms with Gasteiger partial charge in [0.15, 0.2) is 0 Å². The lowest BCUT2D eigenvalue weighted by molar-refractivity contribution is 0.300. The Morgan fingerprint density at radius 2 is 2.07 bits per heavy atom. The first kappa shape index (κ1) is 20.5. The van der Waals surface area contributed by atoms with E-state index in [1.54, 1.807) is 29.9 Å². The minimum Gasteiger partial charge on any atom is -0.487 e. The molecule has 0 amide bonds. The lowest BCUT2D eigenvalue weighted by atomic mass is 10.1. The summed E-state index contributed by atoms with van der Waals surface area (Å²) in [7, 11) is -3.59. The second-order valence-electron chi connectivity index (χ2n) is 7.34. The Morgan fingerprint density at radius 3 is 2.77 bits per heavy atom. The highest BCUT2D eigenvalue weighted by Gasteiger charge is 2.36. The number of hydrogen-bond donors (Lipinski definition) is 1. The van der Waals surface area contributed by atoms with Gasteiger partial charge in [0.2, 0.25) is 10.0 Å². The fourth-order valence-corrected chi connectivity index (χ4v) is 5.27. The standard InChI is InChI=1S/C20H24FN5O3S/c1-3-25-12-20(14(2)24-25)30(27,28)26-9-8-15(11-26)19-10-17(22-23-19)13-29-18-6-4-16(21)5-7-18/h4-7,10,12,15H,3,8-9,11,13H2,1-2H3,(H,22,23). The molecule has 1 aromatic carbocycles. The summed E-state index contributed by atoms with van der Waals surface area (Å²) >= 11 is 0. The Bertz CT molecular complexity index is 1120. The summed E-state index contributed by atoms with van der Waals surface area (Å²) in [5, 5.41) is 11.5. The van der Waals surface area contributed by atoms with Gasteiger partial charge in [0.05, 0.1) is 17.1 Å². The second-order valence-corrected chi connectivity index (χ2v) is 9.25. The molecular formula is C20H24FN5O3S. The van der Waals surface area contributed by atoms with Gasteiger partial charge in [-0.15, -0.1) is 0 Å². The van der Waals surface area contributed by atoms with Crippen LogP contribution in [0, 0.1) is 12.7 Å².